The number of aliphatic carboxylic acids is 1. The monoisotopic (exact) mass is 262 g/mol. The van der Waals surface area contributed by atoms with Crippen molar-refractivity contribution in [2.75, 3.05) is 0 Å². The van der Waals surface area contributed by atoms with E-state index in [4.69, 9.17) is 4.52 Å². The van der Waals surface area contributed by atoms with E-state index in [1.54, 1.807) is 6.92 Å². The summed E-state index contributed by atoms with van der Waals surface area (Å²) in [7, 11) is 0. The second-order valence-electron chi connectivity index (χ2n) is 4.86. The molecular weight excluding hydrogens is 244 g/mol. The molecule has 1 N–H and O–H groups in total. The first kappa shape index (κ1) is 13.5. The fraction of sp³-hybridized carbons (Fsp3) is 0.500. The summed E-state index contributed by atoms with van der Waals surface area (Å²) < 4.78 is 5.25. The molecule has 19 heavy (non-hydrogen) atoms. The molecule has 2 aromatic rings. The molecule has 102 valence electrons. The lowest BCUT2D eigenvalue weighted by atomic mass is 9.92. The van der Waals surface area contributed by atoms with Crippen LogP contribution in [-0.4, -0.2) is 21.2 Å². The lowest BCUT2D eigenvalue weighted by Crippen LogP contribution is -2.12. The first-order valence-electron chi connectivity index (χ1n) is 6.45. The highest BCUT2D eigenvalue weighted by atomic mass is 16.5. The Bertz CT molecular complexity index is 631. The van der Waals surface area contributed by atoms with Gasteiger partial charge < -0.3 is 9.63 Å². The normalized spacial score (nSPS) is 12.8. The van der Waals surface area contributed by atoms with Crippen LogP contribution in [0.25, 0.3) is 11.1 Å². The topological polar surface area (TPSA) is 76.2 Å². The standard InChI is InChI=1S/C14H18N2O3/c1-5-6-10-12-7(2)11(8(3)14(17)18)9(4)15-13(12)19-16-10/h8H,5-6H2,1-4H3,(H,17,18). The van der Waals surface area contributed by atoms with E-state index < -0.39 is 11.9 Å². The zero-order valence-electron chi connectivity index (χ0n) is 11.6. The molecule has 2 rings (SSSR count). The highest BCUT2D eigenvalue weighted by Gasteiger charge is 2.23. The van der Waals surface area contributed by atoms with E-state index >= 15 is 0 Å². The van der Waals surface area contributed by atoms with Crippen LogP contribution >= 0.6 is 0 Å². The lowest BCUT2D eigenvalue weighted by molar-refractivity contribution is -0.138. The van der Waals surface area contributed by atoms with Crippen LogP contribution < -0.4 is 0 Å². The molecule has 0 aliphatic heterocycles. The summed E-state index contributed by atoms with van der Waals surface area (Å²) in [6.07, 6.45) is 1.76. The second-order valence-corrected chi connectivity index (χ2v) is 4.86. The van der Waals surface area contributed by atoms with E-state index in [2.05, 4.69) is 17.1 Å². The van der Waals surface area contributed by atoms with Gasteiger partial charge in [0.25, 0.3) is 5.71 Å². The molecule has 0 spiro atoms. The van der Waals surface area contributed by atoms with Crippen molar-refractivity contribution in [2.24, 2.45) is 0 Å². The van der Waals surface area contributed by atoms with Crippen molar-refractivity contribution in [3.05, 3.63) is 22.5 Å². The summed E-state index contributed by atoms with van der Waals surface area (Å²) in [6.45, 7) is 7.47. The molecule has 0 amide bonds. The summed E-state index contributed by atoms with van der Waals surface area (Å²) >= 11 is 0. The zero-order chi connectivity index (χ0) is 14.2. The molecule has 0 bridgehead atoms. The minimum atomic E-state index is -0.846. The summed E-state index contributed by atoms with van der Waals surface area (Å²) in [5.41, 5.74) is 3.74. The third-order valence-corrected chi connectivity index (χ3v) is 3.47. The van der Waals surface area contributed by atoms with Crippen LogP contribution in [-0.2, 0) is 11.2 Å². The summed E-state index contributed by atoms with van der Waals surface area (Å²) in [4.78, 5) is 15.6. The Hall–Kier alpha value is -1.91. The SMILES string of the molecule is CCCc1noc2nc(C)c(C(C)C(=O)O)c(C)c12. The number of carboxylic acid groups (broad SMARTS) is 1. The molecule has 5 nitrogen and oxygen atoms in total. The first-order chi connectivity index (χ1) is 8.97. The van der Waals surface area contributed by atoms with Crippen LogP contribution in [0.4, 0.5) is 0 Å². The number of nitrogens with zero attached hydrogens (tertiary/aromatic N) is 2. The maximum absolute atomic E-state index is 11.2. The van der Waals surface area contributed by atoms with E-state index in [1.165, 1.54) is 0 Å². The quantitative estimate of drug-likeness (QED) is 0.916. The first-order valence-corrected chi connectivity index (χ1v) is 6.45. The van der Waals surface area contributed by atoms with Crippen molar-refractivity contribution in [1.82, 2.24) is 10.1 Å². The molecule has 2 aromatic heterocycles. The van der Waals surface area contributed by atoms with Crippen LogP contribution in [0.15, 0.2) is 4.52 Å². The number of fused-ring (bicyclic) bond motifs is 1. The zero-order valence-corrected chi connectivity index (χ0v) is 11.6. The number of hydrogen-bond donors (Lipinski definition) is 1. The molecular formula is C14H18N2O3. The van der Waals surface area contributed by atoms with E-state index in [1.807, 2.05) is 13.8 Å². The van der Waals surface area contributed by atoms with Crippen molar-refractivity contribution in [2.45, 2.75) is 46.5 Å². The van der Waals surface area contributed by atoms with Gasteiger partial charge in [-0.3, -0.25) is 4.79 Å². The highest BCUT2D eigenvalue weighted by molar-refractivity contribution is 5.85. The summed E-state index contributed by atoms with van der Waals surface area (Å²) in [5, 5.41) is 14.1. The third kappa shape index (κ3) is 2.20. The molecule has 0 aliphatic carbocycles. The van der Waals surface area contributed by atoms with Gasteiger partial charge in [-0.15, -0.1) is 0 Å². The van der Waals surface area contributed by atoms with E-state index in [0.717, 1.165) is 35.0 Å². The van der Waals surface area contributed by atoms with Crippen molar-refractivity contribution in [3.63, 3.8) is 0 Å². The van der Waals surface area contributed by atoms with Crippen LogP contribution in [0, 0.1) is 13.8 Å². The Labute approximate surface area is 111 Å². The number of carbonyl (C=O) groups is 1. The maximum atomic E-state index is 11.2. The van der Waals surface area contributed by atoms with Gasteiger partial charge in [0.15, 0.2) is 0 Å². The van der Waals surface area contributed by atoms with Crippen molar-refractivity contribution in [1.29, 1.82) is 0 Å². The molecule has 0 aliphatic rings. The van der Waals surface area contributed by atoms with E-state index in [9.17, 15) is 9.90 Å². The molecule has 2 heterocycles. The van der Waals surface area contributed by atoms with Gasteiger partial charge in [-0.2, -0.15) is 0 Å². The van der Waals surface area contributed by atoms with Gasteiger partial charge in [0.2, 0.25) is 0 Å². The second kappa shape index (κ2) is 4.99. The molecule has 0 saturated heterocycles. The fourth-order valence-corrected chi connectivity index (χ4v) is 2.55. The van der Waals surface area contributed by atoms with Gasteiger partial charge >= 0.3 is 5.97 Å². The van der Waals surface area contributed by atoms with Crippen molar-refractivity contribution >= 4 is 17.1 Å². The van der Waals surface area contributed by atoms with Crippen LogP contribution in [0.2, 0.25) is 0 Å². The van der Waals surface area contributed by atoms with Gasteiger partial charge in [-0.25, -0.2) is 4.98 Å². The van der Waals surface area contributed by atoms with E-state index in [-0.39, 0.29) is 0 Å². The Morgan fingerprint density at radius 2 is 2.11 bits per heavy atom. The highest BCUT2D eigenvalue weighted by Crippen LogP contribution is 2.31. The molecule has 0 aromatic carbocycles. The molecule has 0 radical (unpaired) electrons. The molecule has 1 unspecified atom stereocenters. The van der Waals surface area contributed by atoms with Gasteiger partial charge in [-0.05, 0) is 38.3 Å². The number of aromatic nitrogens is 2. The largest absolute Gasteiger partial charge is 0.481 e. The number of carboxylic acids is 1. The Morgan fingerprint density at radius 3 is 2.68 bits per heavy atom. The molecule has 0 saturated carbocycles. The average Bonchev–Trinajstić information content (AvgIpc) is 2.72. The summed E-state index contributed by atoms with van der Waals surface area (Å²) in [5.74, 6) is -1.43. The Balaban J connectivity index is 2.71. The van der Waals surface area contributed by atoms with Crippen molar-refractivity contribution < 1.29 is 14.4 Å². The minimum absolute atomic E-state index is 0.500. The predicted octanol–water partition coefficient (Wildman–Crippen LogP) is 2.98. The van der Waals surface area contributed by atoms with Gasteiger partial charge in [0.1, 0.15) is 0 Å². The molecule has 1 atom stereocenters. The number of rotatable bonds is 4. The van der Waals surface area contributed by atoms with Gasteiger partial charge in [0, 0.05) is 5.69 Å². The van der Waals surface area contributed by atoms with Crippen molar-refractivity contribution in [3.8, 4) is 0 Å². The fourth-order valence-electron chi connectivity index (χ4n) is 2.55. The van der Waals surface area contributed by atoms with Gasteiger partial charge in [0.05, 0.1) is 17.0 Å². The Kier molecular flexibility index (Phi) is 3.55. The minimum Gasteiger partial charge on any atom is -0.481 e. The number of hydrogen-bond acceptors (Lipinski definition) is 4. The third-order valence-electron chi connectivity index (χ3n) is 3.47. The molecule has 5 heteroatoms. The van der Waals surface area contributed by atoms with E-state index in [0.29, 0.717) is 11.4 Å². The predicted molar refractivity (Wildman–Crippen MR) is 71.3 cm³/mol. The van der Waals surface area contributed by atoms with Gasteiger partial charge in [-0.1, -0.05) is 18.5 Å². The van der Waals surface area contributed by atoms with Crippen LogP contribution in [0.5, 0.6) is 0 Å². The lowest BCUT2D eigenvalue weighted by Gasteiger charge is -2.13. The average molecular weight is 262 g/mol. The smallest absolute Gasteiger partial charge is 0.310 e. The Morgan fingerprint density at radius 1 is 1.42 bits per heavy atom. The summed E-state index contributed by atoms with van der Waals surface area (Å²) in [6, 6.07) is 0. The maximum Gasteiger partial charge on any atom is 0.310 e. The molecule has 0 fully saturated rings. The number of aryl methyl sites for hydroxylation is 3. The van der Waals surface area contributed by atoms with Crippen LogP contribution in [0.3, 0.4) is 0 Å². The number of pyridine rings is 1. The van der Waals surface area contributed by atoms with Crippen LogP contribution in [0.1, 0.15) is 48.7 Å².